The number of halogens is 1. The Kier molecular flexibility index (Phi) is 10.3. The van der Waals surface area contributed by atoms with Crippen LogP contribution in [-0.4, -0.2) is 0 Å². The fraction of sp³-hybridized carbons (Fsp3) is 0.548. The lowest BCUT2D eigenvalue weighted by atomic mass is 9.78. The molecule has 1 aliphatic rings. The topological polar surface area (TPSA) is 0 Å². The number of rotatable bonds is 10. The zero-order valence-electron chi connectivity index (χ0n) is 20.3. The van der Waals surface area contributed by atoms with Gasteiger partial charge in [-0.15, -0.1) is 0 Å². The van der Waals surface area contributed by atoms with Crippen molar-refractivity contribution in [3.8, 4) is 11.8 Å². The molecule has 0 amide bonds. The first-order valence-corrected chi connectivity index (χ1v) is 13.1. The molecule has 0 nitrogen and oxygen atoms in total. The average Bonchev–Trinajstić information content (AvgIpc) is 2.82. The van der Waals surface area contributed by atoms with Gasteiger partial charge < -0.3 is 0 Å². The first-order valence-electron chi connectivity index (χ1n) is 13.1. The van der Waals surface area contributed by atoms with Crippen LogP contribution in [0.25, 0.3) is 0 Å². The number of hydrogen-bond donors (Lipinski definition) is 0. The van der Waals surface area contributed by atoms with E-state index in [2.05, 4.69) is 50.0 Å². The van der Waals surface area contributed by atoms with E-state index in [9.17, 15) is 4.39 Å². The average molecular weight is 433 g/mol. The maximum Gasteiger partial charge on any atom is 0.127 e. The van der Waals surface area contributed by atoms with E-state index in [0.717, 1.165) is 36.8 Å². The summed E-state index contributed by atoms with van der Waals surface area (Å²) in [5.74, 6) is 7.71. The van der Waals surface area contributed by atoms with Gasteiger partial charge >= 0.3 is 0 Å². The summed E-state index contributed by atoms with van der Waals surface area (Å²) in [6, 6.07) is 14.9. The standard InChI is InChI=1S/C31H41F/c1-3-5-7-9-11-30-23-18-27(24-31(30)32)13-12-26-16-21-29(22-17-26)28-19-14-25(15-20-28)10-8-6-4-2/h14-15,18-20,23-24,26,29H,3-11,16-17,21-22H2,1-2H3. The summed E-state index contributed by atoms with van der Waals surface area (Å²) in [6.07, 6.45) is 15.4. The van der Waals surface area contributed by atoms with Gasteiger partial charge in [0.05, 0.1) is 0 Å². The second-order valence-electron chi connectivity index (χ2n) is 9.63. The normalized spacial score (nSPS) is 18.2. The molecule has 0 radical (unpaired) electrons. The largest absolute Gasteiger partial charge is 0.207 e. The zero-order valence-corrected chi connectivity index (χ0v) is 20.3. The highest BCUT2D eigenvalue weighted by Crippen LogP contribution is 2.35. The molecule has 0 unspecified atom stereocenters. The van der Waals surface area contributed by atoms with Crippen molar-refractivity contribution in [1.29, 1.82) is 0 Å². The van der Waals surface area contributed by atoms with Crippen molar-refractivity contribution >= 4 is 0 Å². The van der Waals surface area contributed by atoms with E-state index in [-0.39, 0.29) is 5.82 Å². The molecular formula is C31H41F. The van der Waals surface area contributed by atoms with Crippen molar-refractivity contribution in [3.05, 3.63) is 70.5 Å². The molecule has 0 spiro atoms. The van der Waals surface area contributed by atoms with Gasteiger partial charge in [0.2, 0.25) is 0 Å². The van der Waals surface area contributed by atoms with Crippen molar-refractivity contribution in [3.63, 3.8) is 0 Å². The molecule has 1 heteroatoms. The zero-order chi connectivity index (χ0) is 22.6. The molecule has 0 aromatic heterocycles. The number of unbranched alkanes of at least 4 members (excludes halogenated alkanes) is 5. The van der Waals surface area contributed by atoms with Crippen LogP contribution in [0.15, 0.2) is 42.5 Å². The highest BCUT2D eigenvalue weighted by molar-refractivity contribution is 5.37. The number of hydrogen-bond acceptors (Lipinski definition) is 0. The third-order valence-corrected chi connectivity index (χ3v) is 7.02. The molecule has 1 saturated carbocycles. The quantitative estimate of drug-likeness (QED) is 0.259. The Morgan fingerprint density at radius 3 is 2.16 bits per heavy atom. The third-order valence-electron chi connectivity index (χ3n) is 7.02. The van der Waals surface area contributed by atoms with Crippen LogP contribution in [0.2, 0.25) is 0 Å². The Balaban J connectivity index is 1.46. The molecule has 0 saturated heterocycles. The van der Waals surface area contributed by atoms with Crippen LogP contribution in [0, 0.1) is 23.6 Å². The van der Waals surface area contributed by atoms with Gasteiger partial charge in [0.25, 0.3) is 0 Å². The lowest BCUT2D eigenvalue weighted by Crippen LogP contribution is -2.12. The number of aryl methyl sites for hydroxylation is 2. The maximum absolute atomic E-state index is 14.4. The minimum Gasteiger partial charge on any atom is -0.207 e. The van der Waals surface area contributed by atoms with Crippen LogP contribution in [-0.2, 0) is 12.8 Å². The highest BCUT2D eigenvalue weighted by atomic mass is 19.1. The first kappa shape index (κ1) is 24.6. The Morgan fingerprint density at radius 1 is 0.781 bits per heavy atom. The highest BCUT2D eigenvalue weighted by Gasteiger charge is 2.21. The maximum atomic E-state index is 14.4. The Bertz CT molecular complexity index is 860. The first-order chi connectivity index (χ1) is 15.7. The lowest BCUT2D eigenvalue weighted by Gasteiger charge is -2.26. The molecule has 0 heterocycles. The van der Waals surface area contributed by atoms with Gasteiger partial charge in [-0.05, 0) is 86.1 Å². The van der Waals surface area contributed by atoms with Gasteiger partial charge in [-0.25, -0.2) is 4.39 Å². The second kappa shape index (κ2) is 13.5. The van der Waals surface area contributed by atoms with E-state index in [1.165, 1.54) is 68.9 Å². The van der Waals surface area contributed by atoms with Crippen molar-refractivity contribution < 1.29 is 4.39 Å². The Hall–Kier alpha value is -2.07. The molecule has 0 bridgehead atoms. The summed E-state index contributed by atoms with van der Waals surface area (Å²) in [5, 5.41) is 0. The minimum absolute atomic E-state index is 0.0878. The van der Waals surface area contributed by atoms with Gasteiger partial charge in [-0.2, -0.15) is 0 Å². The van der Waals surface area contributed by atoms with E-state index in [1.807, 2.05) is 12.1 Å². The molecule has 0 aliphatic heterocycles. The molecule has 172 valence electrons. The van der Waals surface area contributed by atoms with E-state index in [1.54, 1.807) is 6.07 Å². The summed E-state index contributed by atoms with van der Waals surface area (Å²) in [5.41, 5.74) is 4.62. The van der Waals surface area contributed by atoms with Gasteiger partial charge in [0.1, 0.15) is 5.82 Å². The fourth-order valence-electron chi connectivity index (χ4n) is 4.86. The van der Waals surface area contributed by atoms with E-state index in [4.69, 9.17) is 0 Å². The minimum atomic E-state index is -0.0878. The van der Waals surface area contributed by atoms with Gasteiger partial charge in [0.15, 0.2) is 0 Å². The van der Waals surface area contributed by atoms with Crippen molar-refractivity contribution in [2.45, 2.75) is 103 Å². The van der Waals surface area contributed by atoms with Crippen LogP contribution in [0.4, 0.5) is 4.39 Å². The smallest absolute Gasteiger partial charge is 0.127 e. The predicted molar refractivity (Wildman–Crippen MR) is 135 cm³/mol. The predicted octanol–water partition coefficient (Wildman–Crippen LogP) is 9.01. The van der Waals surface area contributed by atoms with Gasteiger partial charge in [-0.3, -0.25) is 0 Å². The molecule has 0 N–H and O–H groups in total. The molecule has 0 atom stereocenters. The molecule has 1 aliphatic carbocycles. The SMILES string of the molecule is CCCCCCc1ccc(C#CC2CCC(c3ccc(CCCCC)cc3)CC2)cc1F. The molecule has 1 fully saturated rings. The summed E-state index contributed by atoms with van der Waals surface area (Å²) >= 11 is 0. The van der Waals surface area contributed by atoms with Gasteiger partial charge in [0, 0.05) is 11.5 Å². The summed E-state index contributed by atoms with van der Waals surface area (Å²) in [7, 11) is 0. The van der Waals surface area contributed by atoms with Crippen LogP contribution < -0.4 is 0 Å². The summed E-state index contributed by atoms with van der Waals surface area (Å²) in [6.45, 7) is 4.46. The lowest BCUT2D eigenvalue weighted by molar-refractivity contribution is 0.384. The molecule has 2 aromatic carbocycles. The number of benzene rings is 2. The Morgan fingerprint density at radius 2 is 1.47 bits per heavy atom. The van der Waals surface area contributed by atoms with Crippen molar-refractivity contribution in [2.75, 3.05) is 0 Å². The third kappa shape index (κ3) is 7.81. The van der Waals surface area contributed by atoms with Crippen LogP contribution in [0.3, 0.4) is 0 Å². The van der Waals surface area contributed by atoms with Crippen LogP contribution >= 0.6 is 0 Å². The van der Waals surface area contributed by atoms with E-state index < -0.39 is 0 Å². The van der Waals surface area contributed by atoms with E-state index in [0.29, 0.717) is 11.8 Å². The van der Waals surface area contributed by atoms with E-state index >= 15 is 0 Å². The Labute approximate surface area is 196 Å². The molecule has 2 aromatic rings. The molecule has 32 heavy (non-hydrogen) atoms. The summed E-state index contributed by atoms with van der Waals surface area (Å²) < 4.78 is 14.4. The monoisotopic (exact) mass is 432 g/mol. The van der Waals surface area contributed by atoms with Crippen molar-refractivity contribution in [1.82, 2.24) is 0 Å². The second-order valence-corrected chi connectivity index (χ2v) is 9.63. The van der Waals surface area contributed by atoms with Crippen LogP contribution in [0.1, 0.15) is 113 Å². The molecular weight excluding hydrogens is 391 g/mol. The molecule has 3 rings (SSSR count). The van der Waals surface area contributed by atoms with Gasteiger partial charge in [-0.1, -0.05) is 88.1 Å². The fourth-order valence-corrected chi connectivity index (χ4v) is 4.86. The van der Waals surface area contributed by atoms with Crippen molar-refractivity contribution in [2.24, 2.45) is 5.92 Å². The summed E-state index contributed by atoms with van der Waals surface area (Å²) in [4.78, 5) is 0. The van der Waals surface area contributed by atoms with Crippen LogP contribution in [0.5, 0.6) is 0 Å².